The highest BCUT2D eigenvalue weighted by atomic mass is 15.3. The average molecular weight is 287 g/mol. The Labute approximate surface area is 126 Å². The van der Waals surface area contributed by atoms with Crippen LogP contribution in [0.5, 0.6) is 0 Å². The number of nitrogen functional groups attached to an aromatic ring is 1. The molecule has 0 radical (unpaired) electrons. The predicted octanol–water partition coefficient (Wildman–Crippen LogP) is 2.88. The van der Waals surface area contributed by atoms with Crippen LogP contribution in [0.25, 0.3) is 0 Å². The van der Waals surface area contributed by atoms with Crippen molar-refractivity contribution in [2.45, 2.75) is 57.4 Å². The molecule has 114 valence electrons. The van der Waals surface area contributed by atoms with Gasteiger partial charge in [0.25, 0.3) is 0 Å². The van der Waals surface area contributed by atoms with Crippen LogP contribution >= 0.6 is 0 Å². The van der Waals surface area contributed by atoms with Crippen LogP contribution in [0, 0.1) is 17.8 Å². The fourth-order valence-electron chi connectivity index (χ4n) is 4.38. The van der Waals surface area contributed by atoms with Crippen molar-refractivity contribution >= 4 is 11.6 Å². The highest BCUT2D eigenvalue weighted by Gasteiger charge is 2.41. The van der Waals surface area contributed by atoms with E-state index in [1.165, 1.54) is 38.5 Å². The minimum Gasteiger partial charge on any atom is -0.367 e. The number of nitrogens with two attached hydrogens (primary N) is 1. The zero-order chi connectivity index (χ0) is 14.4. The maximum absolute atomic E-state index is 5.54. The number of hydrogen-bond acceptors (Lipinski definition) is 5. The Morgan fingerprint density at radius 3 is 2.57 bits per heavy atom. The van der Waals surface area contributed by atoms with Gasteiger partial charge in [0, 0.05) is 18.0 Å². The van der Waals surface area contributed by atoms with E-state index in [1.807, 2.05) is 6.07 Å². The lowest BCUT2D eigenvalue weighted by Crippen LogP contribution is -2.30. The number of nitrogens with zero attached hydrogens (tertiary/aromatic N) is 2. The monoisotopic (exact) mass is 287 g/mol. The van der Waals surface area contributed by atoms with Crippen LogP contribution in [0.1, 0.15) is 57.2 Å². The molecule has 21 heavy (non-hydrogen) atoms. The number of hydrazine groups is 1. The SMILES string of the molecule is CC(Nc1cc(NN)nc(C2CC2)n1)C1CC2CCC1C2. The van der Waals surface area contributed by atoms with E-state index in [1.54, 1.807) is 0 Å². The number of aromatic nitrogens is 2. The van der Waals surface area contributed by atoms with E-state index in [0.717, 1.165) is 35.2 Å². The van der Waals surface area contributed by atoms with Gasteiger partial charge in [0.15, 0.2) is 0 Å². The van der Waals surface area contributed by atoms with Crippen molar-refractivity contribution in [3.05, 3.63) is 11.9 Å². The average Bonchev–Trinajstić information content (AvgIpc) is 3.14. The van der Waals surface area contributed by atoms with Gasteiger partial charge >= 0.3 is 0 Å². The van der Waals surface area contributed by atoms with E-state index in [2.05, 4.69) is 22.7 Å². The molecular weight excluding hydrogens is 262 g/mol. The van der Waals surface area contributed by atoms with Crippen LogP contribution < -0.4 is 16.6 Å². The predicted molar refractivity (Wildman–Crippen MR) is 83.8 cm³/mol. The summed E-state index contributed by atoms with van der Waals surface area (Å²) >= 11 is 0. The van der Waals surface area contributed by atoms with Gasteiger partial charge in [-0.15, -0.1) is 0 Å². The molecule has 5 heteroatoms. The number of rotatable bonds is 5. The summed E-state index contributed by atoms with van der Waals surface area (Å²) in [5.41, 5.74) is 2.67. The van der Waals surface area contributed by atoms with E-state index in [4.69, 9.17) is 10.8 Å². The van der Waals surface area contributed by atoms with E-state index < -0.39 is 0 Å². The van der Waals surface area contributed by atoms with Crippen molar-refractivity contribution < 1.29 is 0 Å². The number of fused-ring (bicyclic) bond motifs is 2. The number of nitrogens with one attached hydrogen (secondary N) is 2. The molecule has 0 aliphatic heterocycles. The molecule has 3 fully saturated rings. The van der Waals surface area contributed by atoms with Crippen molar-refractivity contribution in [2.75, 3.05) is 10.7 Å². The van der Waals surface area contributed by atoms with Gasteiger partial charge in [0.2, 0.25) is 0 Å². The second kappa shape index (κ2) is 5.13. The Morgan fingerprint density at radius 2 is 1.95 bits per heavy atom. The Balaban J connectivity index is 1.49. The van der Waals surface area contributed by atoms with Crippen molar-refractivity contribution in [1.82, 2.24) is 9.97 Å². The first-order valence-corrected chi connectivity index (χ1v) is 8.35. The Kier molecular flexibility index (Phi) is 3.25. The Morgan fingerprint density at radius 1 is 1.14 bits per heavy atom. The summed E-state index contributed by atoms with van der Waals surface area (Å²) in [7, 11) is 0. The molecule has 1 aromatic heterocycles. The third-order valence-electron chi connectivity index (χ3n) is 5.64. The molecule has 5 nitrogen and oxygen atoms in total. The number of anilines is 2. The first-order chi connectivity index (χ1) is 10.2. The summed E-state index contributed by atoms with van der Waals surface area (Å²) in [5.74, 6) is 11.4. The van der Waals surface area contributed by atoms with Crippen LogP contribution in [-0.2, 0) is 0 Å². The van der Waals surface area contributed by atoms with Crippen LogP contribution in [0.3, 0.4) is 0 Å². The van der Waals surface area contributed by atoms with Crippen molar-refractivity contribution in [3.63, 3.8) is 0 Å². The first kappa shape index (κ1) is 13.3. The van der Waals surface area contributed by atoms with Gasteiger partial charge in [0.05, 0.1) is 0 Å². The highest BCUT2D eigenvalue weighted by Crippen LogP contribution is 2.49. The van der Waals surface area contributed by atoms with Gasteiger partial charge in [0.1, 0.15) is 17.5 Å². The fraction of sp³-hybridized carbons (Fsp3) is 0.750. The maximum atomic E-state index is 5.54. The second-order valence-electron chi connectivity index (χ2n) is 7.19. The van der Waals surface area contributed by atoms with Crippen molar-refractivity contribution in [1.29, 1.82) is 0 Å². The van der Waals surface area contributed by atoms with Gasteiger partial charge in [-0.1, -0.05) is 6.42 Å². The van der Waals surface area contributed by atoms with E-state index in [0.29, 0.717) is 12.0 Å². The van der Waals surface area contributed by atoms with Gasteiger partial charge in [-0.05, 0) is 56.8 Å². The summed E-state index contributed by atoms with van der Waals surface area (Å²) in [5, 5.41) is 3.62. The van der Waals surface area contributed by atoms with Gasteiger partial charge in [-0.3, -0.25) is 0 Å². The zero-order valence-electron chi connectivity index (χ0n) is 12.7. The van der Waals surface area contributed by atoms with Crippen LogP contribution in [0.15, 0.2) is 6.07 Å². The molecular formula is C16H25N5. The lowest BCUT2D eigenvalue weighted by Gasteiger charge is -2.29. The topological polar surface area (TPSA) is 75.9 Å². The molecule has 1 aromatic rings. The normalized spacial score (nSPS) is 32.2. The largest absolute Gasteiger partial charge is 0.367 e. The lowest BCUT2D eigenvalue weighted by atomic mass is 9.84. The summed E-state index contributed by atoms with van der Waals surface area (Å²) in [6.45, 7) is 2.31. The molecule has 4 N–H and O–H groups in total. The molecule has 3 aliphatic rings. The van der Waals surface area contributed by atoms with Gasteiger partial charge < -0.3 is 10.7 Å². The quantitative estimate of drug-likeness (QED) is 0.573. The van der Waals surface area contributed by atoms with E-state index in [9.17, 15) is 0 Å². The van der Waals surface area contributed by atoms with Crippen LogP contribution in [0.2, 0.25) is 0 Å². The Bertz CT molecular complexity index is 527. The maximum Gasteiger partial charge on any atom is 0.145 e. The molecule has 4 rings (SSSR count). The molecule has 0 saturated heterocycles. The third-order valence-corrected chi connectivity index (χ3v) is 5.64. The summed E-state index contributed by atoms with van der Waals surface area (Å²) in [6, 6.07) is 2.41. The minimum absolute atomic E-state index is 0.480. The molecule has 3 aliphatic carbocycles. The first-order valence-electron chi connectivity index (χ1n) is 8.35. The third kappa shape index (κ3) is 2.59. The second-order valence-corrected chi connectivity index (χ2v) is 7.19. The molecule has 4 unspecified atom stereocenters. The van der Waals surface area contributed by atoms with Crippen molar-refractivity contribution in [2.24, 2.45) is 23.6 Å². The number of hydrogen-bond donors (Lipinski definition) is 3. The summed E-state index contributed by atoms with van der Waals surface area (Å²) in [4.78, 5) is 9.17. The molecule has 0 amide bonds. The lowest BCUT2D eigenvalue weighted by molar-refractivity contribution is 0.304. The highest BCUT2D eigenvalue weighted by molar-refractivity contribution is 5.48. The fourth-order valence-corrected chi connectivity index (χ4v) is 4.38. The minimum atomic E-state index is 0.480. The van der Waals surface area contributed by atoms with Gasteiger partial charge in [-0.25, -0.2) is 15.8 Å². The van der Waals surface area contributed by atoms with Crippen molar-refractivity contribution in [3.8, 4) is 0 Å². The summed E-state index contributed by atoms with van der Waals surface area (Å²) in [6.07, 6.45) is 8.12. The molecule has 3 saturated carbocycles. The van der Waals surface area contributed by atoms with Crippen LogP contribution in [0.4, 0.5) is 11.6 Å². The van der Waals surface area contributed by atoms with Crippen LogP contribution in [-0.4, -0.2) is 16.0 Å². The smallest absolute Gasteiger partial charge is 0.145 e. The molecule has 0 aromatic carbocycles. The summed E-state index contributed by atoms with van der Waals surface area (Å²) < 4.78 is 0. The zero-order valence-corrected chi connectivity index (χ0v) is 12.7. The van der Waals surface area contributed by atoms with E-state index >= 15 is 0 Å². The van der Waals surface area contributed by atoms with Gasteiger partial charge in [-0.2, -0.15) is 0 Å². The van der Waals surface area contributed by atoms with E-state index in [-0.39, 0.29) is 0 Å². The molecule has 2 bridgehead atoms. The standard InChI is InChI=1S/C16H25N5/c1-9(13-7-10-2-3-12(13)6-10)18-14-8-15(21-17)20-16(19-14)11-4-5-11/h8-13H,2-7,17H2,1H3,(H2,18,19,20,21). The molecule has 0 spiro atoms. The Hall–Kier alpha value is -1.36. The molecule has 4 atom stereocenters. The molecule has 1 heterocycles.